The molecule has 0 aliphatic carbocycles. The number of anilines is 1. The molecule has 0 aromatic heterocycles. The van der Waals surface area contributed by atoms with E-state index in [1.165, 1.54) is 4.90 Å². The number of nitrogens with one attached hydrogen (secondary N) is 2. The van der Waals surface area contributed by atoms with E-state index in [4.69, 9.17) is 9.47 Å². The molecule has 2 rings (SSSR count). The average Bonchev–Trinajstić information content (AvgIpc) is 2.87. The number of hydrogen-bond acceptors (Lipinski definition) is 6. The van der Waals surface area contributed by atoms with Crippen molar-refractivity contribution >= 4 is 23.6 Å². The van der Waals surface area contributed by atoms with E-state index in [0.29, 0.717) is 29.3 Å². The Morgan fingerprint density at radius 3 is 2.17 bits per heavy atom. The molecule has 3 unspecified atom stereocenters. The summed E-state index contributed by atoms with van der Waals surface area (Å²) >= 11 is 0. The van der Waals surface area contributed by atoms with Crippen molar-refractivity contribution in [3.63, 3.8) is 0 Å². The summed E-state index contributed by atoms with van der Waals surface area (Å²) in [6, 6.07) is 11.6. The maximum atomic E-state index is 14.1. The average molecular weight is 556 g/mol. The first-order chi connectivity index (χ1) is 18.7. The zero-order valence-corrected chi connectivity index (χ0v) is 25.0. The van der Waals surface area contributed by atoms with Crippen LogP contribution in [-0.2, 0) is 14.3 Å². The van der Waals surface area contributed by atoms with Gasteiger partial charge in [0.2, 0.25) is 5.91 Å². The predicted molar refractivity (Wildman–Crippen MR) is 156 cm³/mol. The molecule has 0 aliphatic rings. The van der Waals surface area contributed by atoms with Gasteiger partial charge >= 0.3 is 6.09 Å². The molecule has 220 valence electrons. The zero-order chi connectivity index (χ0) is 30.0. The second-order valence-corrected chi connectivity index (χ2v) is 11.5. The Balaban J connectivity index is 2.55. The van der Waals surface area contributed by atoms with Gasteiger partial charge in [-0.1, -0.05) is 43.7 Å². The third-order valence-corrected chi connectivity index (χ3v) is 6.30. The minimum absolute atomic E-state index is 0.374. The van der Waals surface area contributed by atoms with Gasteiger partial charge in [-0.25, -0.2) is 4.79 Å². The van der Waals surface area contributed by atoms with Gasteiger partial charge in [-0.15, -0.1) is 0 Å². The Morgan fingerprint density at radius 2 is 1.65 bits per heavy atom. The Labute approximate surface area is 238 Å². The number of aliphatic hydroxyl groups excluding tert-OH is 1. The number of methoxy groups -OCH3 is 1. The molecule has 3 amide bonds. The molecule has 9 nitrogen and oxygen atoms in total. The van der Waals surface area contributed by atoms with Gasteiger partial charge in [0.25, 0.3) is 5.91 Å². The molecular weight excluding hydrogens is 510 g/mol. The Kier molecular flexibility index (Phi) is 12.0. The van der Waals surface area contributed by atoms with Crippen LogP contribution in [0.1, 0.15) is 71.6 Å². The summed E-state index contributed by atoms with van der Waals surface area (Å²) in [4.78, 5) is 42.1. The van der Waals surface area contributed by atoms with Crippen LogP contribution in [0.2, 0.25) is 0 Å². The molecule has 0 aliphatic heterocycles. The molecular formula is C31H45N3O6. The van der Waals surface area contributed by atoms with Crippen molar-refractivity contribution in [1.29, 1.82) is 0 Å². The van der Waals surface area contributed by atoms with Crippen LogP contribution in [-0.4, -0.2) is 59.3 Å². The second-order valence-electron chi connectivity index (χ2n) is 11.5. The van der Waals surface area contributed by atoms with Gasteiger partial charge in [-0.05, 0) is 83.2 Å². The summed E-state index contributed by atoms with van der Waals surface area (Å²) in [5.74, 6) is 0.0142. The SMILES string of the molecule is COc1ccc(NC(=O)C(c2cccc(C)c2)N(C(=O)C(CO)NC(=O)OC(C)(C)C)C(C)CCC(C)C)cc1. The van der Waals surface area contributed by atoms with Gasteiger partial charge in [-0.3, -0.25) is 9.59 Å². The number of amides is 3. The Hall–Kier alpha value is -3.59. The topological polar surface area (TPSA) is 117 Å². The predicted octanol–water partition coefficient (Wildman–Crippen LogP) is 5.22. The molecule has 0 heterocycles. The summed E-state index contributed by atoms with van der Waals surface area (Å²) in [6.07, 6.45) is 0.602. The van der Waals surface area contributed by atoms with Crippen LogP contribution in [0.3, 0.4) is 0 Å². The molecule has 2 aromatic carbocycles. The lowest BCUT2D eigenvalue weighted by Gasteiger charge is -2.38. The van der Waals surface area contributed by atoms with Gasteiger partial charge < -0.3 is 30.1 Å². The fourth-order valence-electron chi connectivity index (χ4n) is 4.29. The fourth-order valence-corrected chi connectivity index (χ4v) is 4.29. The van der Waals surface area contributed by atoms with Crippen LogP contribution < -0.4 is 15.4 Å². The number of hydrogen-bond donors (Lipinski definition) is 3. The van der Waals surface area contributed by atoms with Crippen LogP contribution in [0.15, 0.2) is 48.5 Å². The van der Waals surface area contributed by atoms with E-state index in [9.17, 15) is 19.5 Å². The number of alkyl carbamates (subject to hydrolysis) is 1. The van der Waals surface area contributed by atoms with Crippen LogP contribution in [0.25, 0.3) is 0 Å². The molecule has 2 aromatic rings. The third kappa shape index (κ3) is 9.86. The van der Waals surface area contributed by atoms with E-state index in [-0.39, 0.29) is 0 Å². The molecule has 40 heavy (non-hydrogen) atoms. The normalized spacial score (nSPS) is 13.7. The maximum Gasteiger partial charge on any atom is 0.408 e. The largest absolute Gasteiger partial charge is 0.497 e. The highest BCUT2D eigenvalue weighted by Crippen LogP contribution is 2.29. The number of ether oxygens (including phenoxy) is 2. The number of rotatable bonds is 12. The number of aryl methyl sites for hydroxylation is 1. The smallest absolute Gasteiger partial charge is 0.408 e. The molecule has 0 saturated heterocycles. The van der Waals surface area contributed by atoms with Crippen LogP contribution in [0, 0.1) is 12.8 Å². The minimum atomic E-state index is -1.31. The first-order valence-corrected chi connectivity index (χ1v) is 13.7. The van der Waals surface area contributed by atoms with Crippen LogP contribution in [0.5, 0.6) is 5.75 Å². The molecule has 3 N–H and O–H groups in total. The van der Waals surface area contributed by atoms with E-state index in [1.807, 2.05) is 32.0 Å². The lowest BCUT2D eigenvalue weighted by molar-refractivity contribution is -0.144. The molecule has 0 spiro atoms. The number of benzene rings is 2. The number of nitrogens with zero attached hydrogens (tertiary/aromatic N) is 1. The highest BCUT2D eigenvalue weighted by molar-refractivity contribution is 5.99. The number of aliphatic hydroxyl groups is 1. The van der Waals surface area contributed by atoms with E-state index >= 15 is 0 Å². The van der Waals surface area contributed by atoms with Crippen molar-refractivity contribution in [3.8, 4) is 5.75 Å². The quantitative estimate of drug-likeness (QED) is 0.331. The molecule has 0 saturated carbocycles. The van der Waals surface area contributed by atoms with Gasteiger partial charge in [0.1, 0.15) is 23.4 Å². The summed E-state index contributed by atoms with van der Waals surface area (Å²) < 4.78 is 10.5. The Bertz CT molecular complexity index is 1130. The highest BCUT2D eigenvalue weighted by Gasteiger charge is 2.39. The monoisotopic (exact) mass is 555 g/mol. The summed E-state index contributed by atoms with van der Waals surface area (Å²) in [5, 5.41) is 15.6. The zero-order valence-electron chi connectivity index (χ0n) is 25.0. The third-order valence-electron chi connectivity index (χ3n) is 6.30. The van der Waals surface area contributed by atoms with E-state index in [0.717, 1.165) is 12.0 Å². The first kappa shape index (κ1) is 32.6. The van der Waals surface area contributed by atoms with E-state index in [2.05, 4.69) is 24.5 Å². The van der Waals surface area contributed by atoms with Crippen LogP contribution >= 0.6 is 0 Å². The van der Waals surface area contributed by atoms with Crippen molar-refractivity contribution in [1.82, 2.24) is 10.2 Å². The van der Waals surface area contributed by atoms with Crippen molar-refractivity contribution < 1.29 is 29.0 Å². The minimum Gasteiger partial charge on any atom is -0.497 e. The van der Waals surface area contributed by atoms with E-state index in [1.54, 1.807) is 58.2 Å². The molecule has 3 atom stereocenters. The number of carbonyl (C=O) groups excluding carboxylic acids is 3. The lowest BCUT2D eigenvalue weighted by Crippen LogP contribution is -2.56. The van der Waals surface area contributed by atoms with Gasteiger partial charge in [-0.2, -0.15) is 0 Å². The fraction of sp³-hybridized carbons (Fsp3) is 0.516. The lowest BCUT2D eigenvalue weighted by atomic mass is 9.96. The van der Waals surface area contributed by atoms with Crippen molar-refractivity contribution in [3.05, 3.63) is 59.7 Å². The molecule has 0 fully saturated rings. The van der Waals surface area contributed by atoms with Gasteiger partial charge in [0.15, 0.2) is 0 Å². The molecule has 0 bridgehead atoms. The van der Waals surface area contributed by atoms with Gasteiger partial charge in [0.05, 0.1) is 13.7 Å². The summed E-state index contributed by atoms with van der Waals surface area (Å²) in [5.41, 5.74) is 1.29. The van der Waals surface area contributed by atoms with E-state index < -0.39 is 48.2 Å². The Morgan fingerprint density at radius 1 is 1.00 bits per heavy atom. The first-order valence-electron chi connectivity index (χ1n) is 13.7. The highest BCUT2D eigenvalue weighted by atomic mass is 16.6. The maximum absolute atomic E-state index is 14.1. The second kappa shape index (κ2) is 14.7. The summed E-state index contributed by atoms with van der Waals surface area (Å²) in [7, 11) is 1.56. The molecule has 9 heteroatoms. The van der Waals surface area contributed by atoms with Gasteiger partial charge in [0, 0.05) is 11.7 Å². The standard InChI is InChI=1S/C31H45N3O6/c1-20(2)12-13-22(4)34(29(37)26(19-35)33-30(38)40-31(5,6)7)27(23-11-9-10-21(3)18-23)28(36)32-24-14-16-25(39-8)17-15-24/h9-11,14-18,20,22,26-27,35H,12-13,19H2,1-8H3,(H,32,36)(H,33,38). The summed E-state index contributed by atoms with van der Waals surface area (Å²) in [6.45, 7) is 12.4. The van der Waals surface area contributed by atoms with Crippen molar-refractivity contribution in [2.75, 3.05) is 19.0 Å². The van der Waals surface area contributed by atoms with Crippen molar-refractivity contribution in [2.45, 2.75) is 85.0 Å². The number of carbonyl (C=O) groups is 3. The molecule has 0 radical (unpaired) electrons. The van der Waals surface area contributed by atoms with Crippen molar-refractivity contribution in [2.24, 2.45) is 5.92 Å². The van der Waals surface area contributed by atoms with Crippen LogP contribution in [0.4, 0.5) is 10.5 Å².